The van der Waals surface area contributed by atoms with Gasteiger partial charge in [0, 0.05) is 25.3 Å². The molecule has 1 aliphatic heterocycles. The van der Waals surface area contributed by atoms with Gasteiger partial charge >= 0.3 is 0 Å². The van der Waals surface area contributed by atoms with Gasteiger partial charge in [0.15, 0.2) is 0 Å². The Morgan fingerprint density at radius 3 is 2.89 bits per heavy atom. The van der Waals surface area contributed by atoms with E-state index in [-0.39, 0.29) is 0 Å². The van der Waals surface area contributed by atoms with E-state index in [4.69, 9.17) is 5.73 Å². The van der Waals surface area contributed by atoms with Gasteiger partial charge in [-0.1, -0.05) is 6.92 Å². The van der Waals surface area contributed by atoms with Crippen LogP contribution in [0.15, 0.2) is 18.3 Å². The van der Waals surface area contributed by atoms with Crippen LogP contribution >= 0.6 is 0 Å². The molecule has 1 amide bonds. The highest BCUT2D eigenvalue weighted by Crippen LogP contribution is 2.17. The molecule has 1 aromatic rings. The van der Waals surface area contributed by atoms with Crippen LogP contribution in [0.5, 0.6) is 0 Å². The van der Waals surface area contributed by atoms with Gasteiger partial charge in [0.1, 0.15) is 5.82 Å². The van der Waals surface area contributed by atoms with Crippen molar-refractivity contribution in [2.24, 2.45) is 5.73 Å². The first kappa shape index (κ1) is 12.8. The molecule has 2 heterocycles. The molecular formula is C13H20N4O. The lowest BCUT2D eigenvalue weighted by Gasteiger charge is -2.31. The first-order valence-corrected chi connectivity index (χ1v) is 6.44. The van der Waals surface area contributed by atoms with Gasteiger partial charge < -0.3 is 16.0 Å². The highest BCUT2D eigenvalue weighted by atomic mass is 16.1. The van der Waals surface area contributed by atoms with Crippen LogP contribution in [-0.4, -0.2) is 41.5 Å². The Kier molecular flexibility index (Phi) is 4.15. The number of nitrogens with one attached hydrogen (secondary N) is 1. The predicted octanol–water partition coefficient (Wildman–Crippen LogP) is 1.08. The van der Waals surface area contributed by atoms with E-state index in [1.54, 1.807) is 18.3 Å². The van der Waals surface area contributed by atoms with Crippen LogP contribution < -0.4 is 11.1 Å². The quantitative estimate of drug-likeness (QED) is 0.836. The summed E-state index contributed by atoms with van der Waals surface area (Å²) in [5, 5.41) is 3.34. The number of pyridine rings is 1. The third-order valence-electron chi connectivity index (χ3n) is 3.45. The SMILES string of the molecule is CCN1CCC(Nc2ncccc2C(N)=O)CC1. The number of carbonyl (C=O) groups excluding carboxylic acids is 1. The van der Waals surface area contributed by atoms with Crippen molar-refractivity contribution in [2.45, 2.75) is 25.8 Å². The van der Waals surface area contributed by atoms with E-state index in [1.807, 2.05) is 0 Å². The molecule has 5 nitrogen and oxygen atoms in total. The first-order valence-electron chi connectivity index (χ1n) is 6.44. The summed E-state index contributed by atoms with van der Waals surface area (Å²) in [7, 11) is 0. The zero-order valence-corrected chi connectivity index (χ0v) is 10.7. The van der Waals surface area contributed by atoms with Gasteiger partial charge in [0.25, 0.3) is 5.91 Å². The molecule has 1 aliphatic rings. The topological polar surface area (TPSA) is 71.2 Å². The summed E-state index contributed by atoms with van der Waals surface area (Å²) in [5.41, 5.74) is 5.80. The second-order valence-corrected chi connectivity index (χ2v) is 4.62. The number of hydrogen-bond donors (Lipinski definition) is 2. The number of rotatable bonds is 4. The van der Waals surface area contributed by atoms with Crippen molar-refractivity contribution >= 4 is 11.7 Å². The smallest absolute Gasteiger partial charge is 0.252 e. The summed E-state index contributed by atoms with van der Waals surface area (Å²) in [4.78, 5) is 17.9. The minimum Gasteiger partial charge on any atom is -0.367 e. The fourth-order valence-electron chi connectivity index (χ4n) is 2.31. The molecule has 98 valence electrons. The van der Waals surface area contributed by atoms with Crippen molar-refractivity contribution in [3.63, 3.8) is 0 Å². The molecular weight excluding hydrogens is 228 g/mol. The number of primary amides is 1. The van der Waals surface area contributed by atoms with Crippen LogP contribution in [0, 0.1) is 0 Å². The molecule has 0 radical (unpaired) electrons. The lowest BCUT2D eigenvalue weighted by atomic mass is 10.0. The van der Waals surface area contributed by atoms with Crippen LogP contribution in [0.1, 0.15) is 30.1 Å². The first-order chi connectivity index (χ1) is 8.70. The van der Waals surface area contributed by atoms with E-state index in [9.17, 15) is 4.79 Å². The number of nitrogens with two attached hydrogens (primary N) is 1. The Morgan fingerprint density at radius 2 is 2.28 bits per heavy atom. The second-order valence-electron chi connectivity index (χ2n) is 4.62. The molecule has 0 aromatic carbocycles. The monoisotopic (exact) mass is 248 g/mol. The number of nitrogens with zero attached hydrogens (tertiary/aromatic N) is 2. The number of aromatic nitrogens is 1. The van der Waals surface area contributed by atoms with Gasteiger partial charge in [-0.2, -0.15) is 0 Å². The molecule has 0 spiro atoms. The maximum atomic E-state index is 11.3. The molecule has 1 aromatic heterocycles. The summed E-state index contributed by atoms with van der Waals surface area (Å²) in [5.74, 6) is 0.177. The van der Waals surface area contributed by atoms with Crippen LogP contribution in [0.4, 0.5) is 5.82 Å². The highest BCUT2D eigenvalue weighted by Gasteiger charge is 2.19. The maximum absolute atomic E-state index is 11.3. The fourth-order valence-corrected chi connectivity index (χ4v) is 2.31. The molecule has 5 heteroatoms. The minimum absolute atomic E-state index is 0.376. The Balaban J connectivity index is 2.00. The van der Waals surface area contributed by atoms with Crippen molar-refractivity contribution in [1.82, 2.24) is 9.88 Å². The Morgan fingerprint density at radius 1 is 1.56 bits per heavy atom. The summed E-state index contributed by atoms with van der Waals surface area (Å²) in [6.07, 6.45) is 3.82. The Labute approximate surface area is 107 Å². The second kappa shape index (κ2) is 5.82. The summed E-state index contributed by atoms with van der Waals surface area (Å²) >= 11 is 0. The van der Waals surface area contributed by atoms with Gasteiger partial charge in [-0.3, -0.25) is 4.79 Å². The summed E-state index contributed by atoms with van der Waals surface area (Å²) in [6.45, 7) is 5.46. The zero-order valence-electron chi connectivity index (χ0n) is 10.7. The number of hydrogen-bond acceptors (Lipinski definition) is 4. The lowest BCUT2D eigenvalue weighted by Crippen LogP contribution is -2.39. The summed E-state index contributed by atoms with van der Waals surface area (Å²) < 4.78 is 0. The minimum atomic E-state index is -0.434. The van der Waals surface area contributed by atoms with Crippen LogP contribution in [0.3, 0.4) is 0 Å². The number of anilines is 1. The van der Waals surface area contributed by atoms with Gasteiger partial charge in [0.2, 0.25) is 0 Å². The van der Waals surface area contributed by atoms with E-state index in [0.717, 1.165) is 32.5 Å². The zero-order chi connectivity index (χ0) is 13.0. The molecule has 0 bridgehead atoms. The number of carbonyl (C=O) groups is 1. The van der Waals surface area contributed by atoms with Crippen molar-refractivity contribution in [3.8, 4) is 0 Å². The van der Waals surface area contributed by atoms with E-state index in [1.165, 1.54) is 0 Å². The van der Waals surface area contributed by atoms with Gasteiger partial charge in [-0.05, 0) is 31.5 Å². The van der Waals surface area contributed by atoms with Crippen LogP contribution in [-0.2, 0) is 0 Å². The highest BCUT2D eigenvalue weighted by molar-refractivity contribution is 5.97. The van der Waals surface area contributed by atoms with Crippen LogP contribution in [0.25, 0.3) is 0 Å². The van der Waals surface area contributed by atoms with E-state index >= 15 is 0 Å². The van der Waals surface area contributed by atoms with E-state index in [0.29, 0.717) is 17.4 Å². The number of likely N-dealkylation sites (tertiary alicyclic amines) is 1. The van der Waals surface area contributed by atoms with Crippen molar-refractivity contribution < 1.29 is 4.79 Å². The predicted molar refractivity (Wildman–Crippen MR) is 71.5 cm³/mol. The van der Waals surface area contributed by atoms with Crippen LogP contribution in [0.2, 0.25) is 0 Å². The molecule has 3 N–H and O–H groups in total. The molecule has 2 rings (SSSR count). The average Bonchev–Trinajstić information content (AvgIpc) is 2.40. The maximum Gasteiger partial charge on any atom is 0.252 e. The molecule has 0 aliphatic carbocycles. The standard InChI is InChI=1S/C13H20N4O/c1-2-17-8-5-10(6-9-17)16-13-11(12(14)18)4-3-7-15-13/h3-4,7,10H,2,5-6,8-9H2,1H3,(H2,14,18)(H,15,16). The van der Waals surface area contributed by atoms with Crippen molar-refractivity contribution in [1.29, 1.82) is 0 Å². The van der Waals surface area contributed by atoms with E-state index in [2.05, 4.69) is 22.1 Å². The normalized spacial score (nSPS) is 17.6. The molecule has 18 heavy (non-hydrogen) atoms. The molecule has 0 saturated carbocycles. The van der Waals surface area contributed by atoms with Gasteiger partial charge in [0.05, 0.1) is 5.56 Å². The number of piperidine rings is 1. The van der Waals surface area contributed by atoms with Crippen molar-refractivity contribution in [2.75, 3.05) is 25.0 Å². The average molecular weight is 248 g/mol. The third-order valence-corrected chi connectivity index (χ3v) is 3.45. The van der Waals surface area contributed by atoms with Crippen molar-refractivity contribution in [3.05, 3.63) is 23.9 Å². The fraction of sp³-hybridized carbons (Fsp3) is 0.538. The molecule has 1 saturated heterocycles. The van der Waals surface area contributed by atoms with E-state index < -0.39 is 5.91 Å². The third kappa shape index (κ3) is 2.98. The molecule has 1 fully saturated rings. The lowest BCUT2D eigenvalue weighted by molar-refractivity contribution is 0.100. The largest absolute Gasteiger partial charge is 0.367 e. The Bertz CT molecular complexity index is 413. The number of amides is 1. The van der Waals surface area contributed by atoms with Gasteiger partial charge in [-0.15, -0.1) is 0 Å². The molecule has 0 atom stereocenters. The molecule has 0 unspecified atom stereocenters. The Hall–Kier alpha value is -1.62. The van der Waals surface area contributed by atoms with Gasteiger partial charge in [-0.25, -0.2) is 4.98 Å². The summed E-state index contributed by atoms with van der Waals surface area (Å²) in [6, 6.07) is 3.81.